The maximum atomic E-state index is 12.3. The van der Waals surface area contributed by atoms with Gasteiger partial charge in [0.05, 0.1) is 11.5 Å². The molecule has 0 spiro atoms. The Morgan fingerprint density at radius 3 is 2.29 bits per heavy atom. The molecule has 2 atom stereocenters. The van der Waals surface area contributed by atoms with Gasteiger partial charge in [0.1, 0.15) is 5.54 Å². The maximum absolute atomic E-state index is 12.3. The van der Waals surface area contributed by atoms with Crippen LogP contribution in [0.4, 0.5) is 0 Å². The molecule has 2 amide bonds. The molecule has 1 aliphatic rings. The number of nitrogens with two attached hydrogens (primary N) is 2. The molecular weight excluding hydrogens is 294 g/mol. The minimum Gasteiger partial charge on any atom is -0.378 e. The van der Waals surface area contributed by atoms with Crippen molar-refractivity contribution in [3.8, 4) is 0 Å². The summed E-state index contributed by atoms with van der Waals surface area (Å²) >= 11 is 0. The number of carbonyl (C=O) groups excluding carboxylic acids is 2. The van der Waals surface area contributed by atoms with E-state index >= 15 is 0 Å². The normalized spacial score (nSPS) is 27.2. The number of hydrogen-bond donors (Lipinski definition) is 3. The molecule has 2 unspecified atom stereocenters. The fourth-order valence-corrected chi connectivity index (χ4v) is 2.37. The Hall–Kier alpha value is -0.850. The average molecular weight is 322 g/mol. The van der Waals surface area contributed by atoms with Crippen LogP contribution in [0.1, 0.15) is 41.0 Å². The van der Waals surface area contributed by atoms with E-state index in [1.165, 1.54) is 0 Å². The van der Waals surface area contributed by atoms with E-state index < -0.39 is 22.3 Å². The molecule has 5 N–H and O–H groups in total. The van der Waals surface area contributed by atoms with E-state index in [0.717, 1.165) is 0 Å². The minimum atomic E-state index is -0.972. The highest BCUT2D eigenvalue weighted by atomic mass is 35.5. The Bertz CT molecular complexity index is 412. The SMILES string of the molecule is CCOC1CC(N)(C(=O)NCC(C)(C)C(N)=O)C1(C)C.Cl. The summed E-state index contributed by atoms with van der Waals surface area (Å²) in [5, 5.41) is 2.74. The fraction of sp³-hybridized carbons (Fsp3) is 0.857. The predicted molar refractivity (Wildman–Crippen MR) is 84.0 cm³/mol. The molecule has 0 heterocycles. The number of rotatable bonds is 6. The monoisotopic (exact) mass is 321 g/mol. The van der Waals surface area contributed by atoms with E-state index in [4.69, 9.17) is 16.2 Å². The standard InChI is InChI=1S/C14H27N3O3.ClH/c1-6-20-9-7-14(16,13(9,4)5)11(19)17-8-12(2,3)10(15)18;/h9H,6-8,16H2,1-5H3,(H2,15,18)(H,17,19);1H. The highest BCUT2D eigenvalue weighted by molar-refractivity contribution is 5.89. The van der Waals surface area contributed by atoms with Crippen LogP contribution in [0.3, 0.4) is 0 Å². The predicted octanol–water partition coefficient (Wildman–Crippen LogP) is 0.568. The molecular formula is C14H28ClN3O3. The first-order valence-corrected chi connectivity index (χ1v) is 6.97. The summed E-state index contributed by atoms with van der Waals surface area (Å²) in [5.74, 6) is -0.711. The zero-order valence-electron chi connectivity index (χ0n) is 13.5. The van der Waals surface area contributed by atoms with E-state index in [-0.39, 0.29) is 31.0 Å². The van der Waals surface area contributed by atoms with Gasteiger partial charge in [-0.3, -0.25) is 9.59 Å². The van der Waals surface area contributed by atoms with Gasteiger partial charge >= 0.3 is 0 Å². The summed E-state index contributed by atoms with van der Waals surface area (Å²) in [6.07, 6.45) is 0.462. The molecule has 1 aliphatic carbocycles. The molecule has 1 saturated carbocycles. The van der Waals surface area contributed by atoms with Crippen molar-refractivity contribution in [1.82, 2.24) is 5.32 Å². The van der Waals surface area contributed by atoms with Gasteiger partial charge in [-0.25, -0.2) is 0 Å². The van der Waals surface area contributed by atoms with Crippen LogP contribution in [0, 0.1) is 10.8 Å². The molecule has 0 bridgehead atoms. The third-order valence-corrected chi connectivity index (χ3v) is 4.59. The molecule has 0 radical (unpaired) electrons. The van der Waals surface area contributed by atoms with Crippen LogP contribution in [0.5, 0.6) is 0 Å². The van der Waals surface area contributed by atoms with Gasteiger partial charge in [0, 0.05) is 25.0 Å². The second-order valence-corrected chi connectivity index (χ2v) is 6.77. The van der Waals surface area contributed by atoms with E-state index in [1.54, 1.807) is 13.8 Å². The smallest absolute Gasteiger partial charge is 0.240 e. The third kappa shape index (κ3) is 3.49. The van der Waals surface area contributed by atoms with Crippen LogP contribution in [0.25, 0.3) is 0 Å². The van der Waals surface area contributed by atoms with Gasteiger partial charge < -0.3 is 21.5 Å². The van der Waals surface area contributed by atoms with E-state index in [1.807, 2.05) is 20.8 Å². The van der Waals surface area contributed by atoms with Crippen molar-refractivity contribution in [1.29, 1.82) is 0 Å². The average Bonchev–Trinajstić information content (AvgIpc) is 2.35. The van der Waals surface area contributed by atoms with Crippen molar-refractivity contribution < 1.29 is 14.3 Å². The second kappa shape index (κ2) is 6.50. The molecule has 0 aromatic rings. The van der Waals surface area contributed by atoms with Gasteiger partial charge in [0.15, 0.2) is 0 Å². The Kier molecular flexibility index (Phi) is 6.24. The zero-order chi connectivity index (χ0) is 15.8. The first kappa shape index (κ1) is 20.1. The number of ether oxygens (including phenoxy) is 1. The number of nitrogens with one attached hydrogen (secondary N) is 1. The van der Waals surface area contributed by atoms with Crippen molar-refractivity contribution in [2.75, 3.05) is 13.2 Å². The van der Waals surface area contributed by atoms with Crippen molar-refractivity contribution in [3.05, 3.63) is 0 Å². The van der Waals surface area contributed by atoms with E-state index in [2.05, 4.69) is 5.32 Å². The van der Waals surface area contributed by atoms with Crippen molar-refractivity contribution >= 4 is 24.2 Å². The quantitative estimate of drug-likeness (QED) is 0.664. The van der Waals surface area contributed by atoms with E-state index in [9.17, 15) is 9.59 Å². The van der Waals surface area contributed by atoms with Gasteiger partial charge in [-0.05, 0) is 20.8 Å². The zero-order valence-corrected chi connectivity index (χ0v) is 14.3. The van der Waals surface area contributed by atoms with Crippen LogP contribution in [-0.2, 0) is 14.3 Å². The Balaban J connectivity index is 0.00000400. The van der Waals surface area contributed by atoms with Gasteiger partial charge in [0.2, 0.25) is 11.8 Å². The summed E-state index contributed by atoms with van der Waals surface area (Å²) in [5.41, 5.74) is 9.32. The van der Waals surface area contributed by atoms with Crippen LogP contribution in [0.15, 0.2) is 0 Å². The fourth-order valence-electron chi connectivity index (χ4n) is 2.37. The lowest BCUT2D eigenvalue weighted by Gasteiger charge is -2.57. The first-order valence-electron chi connectivity index (χ1n) is 6.97. The molecule has 0 saturated heterocycles. The number of amides is 2. The van der Waals surface area contributed by atoms with Crippen molar-refractivity contribution in [3.63, 3.8) is 0 Å². The van der Waals surface area contributed by atoms with Crippen LogP contribution in [0.2, 0.25) is 0 Å². The lowest BCUT2D eigenvalue weighted by molar-refractivity contribution is -0.171. The molecule has 0 aromatic heterocycles. The van der Waals surface area contributed by atoms with Gasteiger partial charge in [-0.1, -0.05) is 13.8 Å². The summed E-state index contributed by atoms with van der Waals surface area (Å²) in [7, 11) is 0. The summed E-state index contributed by atoms with van der Waals surface area (Å²) in [4.78, 5) is 23.6. The van der Waals surface area contributed by atoms with Crippen molar-refractivity contribution in [2.24, 2.45) is 22.3 Å². The second-order valence-electron chi connectivity index (χ2n) is 6.77. The highest BCUT2D eigenvalue weighted by Crippen LogP contribution is 2.49. The molecule has 0 aliphatic heterocycles. The highest BCUT2D eigenvalue weighted by Gasteiger charge is 2.62. The van der Waals surface area contributed by atoms with Gasteiger partial charge in [-0.2, -0.15) is 0 Å². The lowest BCUT2D eigenvalue weighted by Crippen LogP contribution is -2.76. The Morgan fingerprint density at radius 1 is 1.38 bits per heavy atom. The molecule has 1 rings (SSSR count). The summed E-state index contributed by atoms with van der Waals surface area (Å²) in [6.45, 7) is 9.92. The topological polar surface area (TPSA) is 107 Å². The summed E-state index contributed by atoms with van der Waals surface area (Å²) < 4.78 is 5.59. The number of hydrogen-bond acceptors (Lipinski definition) is 4. The molecule has 1 fully saturated rings. The van der Waals surface area contributed by atoms with Crippen LogP contribution >= 0.6 is 12.4 Å². The van der Waals surface area contributed by atoms with Crippen LogP contribution < -0.4 is 16.8 Å². The minimum absolute atomic E-state index is 0. The number of primary amides is 1. The first-order chi connectivity index (χ1) is 8.99. The largest absolute Gasteiger partial charge is 0.378 e. The molecule has 21 heavy (non-hydrogen) atoms. The Labute approximate surface area is 132 Å². The molecule has 124 valence electrons. The maximum Gasteiger partial charge on any atom is 0.240 e. The third-order valence-electron chi connectivity index (χ3n) is 4.59. The molecule has 7 heteroatoms. The Morgan fingerprint density at radius 2 is 1.90 bits per heavy atom. The molecule has 6 nitrogen and oxygen atoms in total. The number of halogens is 1. The molecule has 0 aromatic carbocycles. The van der Waals surface area contributed by atoms with Gasteiger partial charge in [0.25, 0.3) is 0 Å². The lowest BCUT2D eigenvalue weighted by atomic mass is 9.54. The van der Waals surface area contributed by atoms with Gasteiger partial charge in [-0.15, -0.1) is 12.4 Å². The number of carbonyl (C=O) groups is 2. The van der Waals surface area contributed by atoms with Crippen molar-refractivity contribution in [2.45, 2.75) is 52.7 Å². The van der Waals surface area contributed by atoms with E-state index in [0.29, 0.717) is 13.0 Å². The van der Waals surface area contributed by atoms with Crippen LogP contribution in [-0.4, -0.2) is 36.6 Å². The summed E-state index contributed by atoms with van der Waals surface area (Å²) in [6, 6.07) is 0.